The second-order valence-corrected chi connectivity index (χ2v) is 4.87. The minimum absolute atomic E-state index is 0.102. The van der Waals surface area contributed by atoms with Gasteiger partial charge in [-0.3, -0.25) is 10.1 Å². The van der Waals surface area contributed by atoms with Gasteiger partial charge in [0.05, 0.1) is 0 Å². The van der Waals surface area contributed by atoms with Gasteiger partial charge in [0, 0.05) is 6.04 Å². The Labute approximate surface area is 89.5 Å². The highest BCUT2D eigenvalue weighted by Crippen LogP contribution is 2.30. The van der Waals surface area contributed by atoms with Crippen molar-refractivity contribution < 1.29 is 4.79 Å². The Morgan fingerprint density at radius 2 is 1.93 bits per heavy atom. The normalized spacial score (nSPS) is 31.6. The van der Waals surface area contributed by atoms with Crippen LogP contribution in [0.1, 0.15) is 38.5 Å². The van der Waals surface area contributed by atoms with E-state index in [1.54, 1.807) is 0 Å². The second kappa shape index (κ2) is 3.51. The minimum Gasteiger partial charge on any atom is -0.353 e. The summed E-state index contributed by atoms with van der Waals surface area (Å²) >= 11 is 0. The van der Waals surface area contributed by atoms with E-state index in [9.17, 15) is 4.79 Å². The fourth-order valence-corrected chi connectivity index (χ4v) is 2.51. The highest BCUT2D eigenvalue weighted by molar-refractivity contribution is 6.05. The van der Waals surface area contributed by atoms with Gasteiger partial charge in [-0.25, -0.2) is 4.99 Å². The maximum Gasteiger partial charge on any atom is 0.251 e. The van der Waals surface area contributed by atoms with Crippen LogP contribution in [0.2, 0.25) is 0 Å². The van der Waals surface area contributed by atoms with E-state index in [0.29, 0.717) is 12.0 Å². The lowest BCUT2D eigenvalue weighted by molar-refractivity contribution is -0.121. The third-order valence-electron chi connectivity index (χ3n) is 3.54. The van der Waals surface area contributed by atoms with E-state index in [-0.39, 0.29) is 11.9 Å². The first-order valence-corrected chi connectivity index (χ1v) is 5.98. The quantitative estimate of drug-likeness (QED) is 0.703. The van der Waals surface area contributed by atoms with Crippen molar-refractivity contribution in [3.8, 4) is 0 Å². The highest BCUT2D eigenvalue weighted by atomic mass is 16.2. The van der Waals surface area contributed by atoms with Crippen molar-refractivity contribution in [3.63, 3.8) is 0 Å². The van der Waals surface area contributed by atoms with Gasteiger partial charge in [-0.05, 0) is 31.6 Å². The Balaban J connectivity index is 1.66. The van der Waals surface area contributed by atoms with Crippen LogP contribution in [0.15, 0.2) is 4.99 Å². The van der Waals surface area contributed by atoms with Gasteiger partial charge in [0.2, 0.25) is 0 Å². The molecule has 1 heterocycles. The van der Waals surface area contributed by atoms with Crippen molar-refractivity contribution >= 4 is 11.9 Å². The largest absolute Gasteiger partial charge is 0.353 e. The van der Waals surface area contributed by atoms with Crippen molar-refractivity contribution in [2.24, 2.45) is 10.9 Å². The summed E-state index contributed by atoms with van der Waals surface area (Å²) < 4.78 is 0. The van der Waals surface area contributed by atoms with E-state index in [4.69, 9.17) is 0 Å². The predicted molar refractivity (Wildman–Crippen MR) is 57.5 cm³/mol. The smallest absolute Gasteiger partial charge is 0.251 e. The monoisotopic (exact) mass is 207 g/mol. The Morgan fingerprint density at radius 3 is 2.60 bits per heavy atom. The fourth-order valence-electron chi connectivity index (χ4n) is 2.51. The van der Waals surface area contributed by atoms with Crippen molar-refractivity contribution in [2.75, 3.05) is 0 Å². The van der Waals surface area contributed by atoms with E-state index in [1.807, 2.05) is 0 Å². The third-order valence-corrected chi connectivity index (χ3v) is 3.54. The lowest BCUT2D eigenvalue weighted by Gasteiger charge is -2.11. The summed E-state index contributed by atoms with van der Waals surface area (Å²) in [5.41, 5.74) is 0. The molecule has 0 aromatic heterocycles. The van der Waals surface area contributed by atoms with Gasteiger partial charge in [0.1, 0.15) is 6.04 Å². The first kappa shape index (κ1) is 9.19. The molecule has 15 heavy (non-hydrogen) atoms. The van der Waals surface area contributed by atoms with E-state index in [2.05, 4.69) is 15.6 Å². The molecular weight excluding hydrogens is 190 g/mol. The summed E-state index contributed by atoms with van der Waals surface area (Å²) in [5, 5.41) is 6.11. The SMILES string of the molecule is O=C1NC(NC2CC2)=NC1C1CCCC1. The van der Waals surface area contributed by atoms with Crippen LogP contribution >= 0.6 is 0 Å². The Morgan fingerprint density at radius 1 is 1.20 bits per heavy atom. The topological polar surface area (TPSA) is 53.5 Å². The van der Waals surface area contributed by atoms with Gasteiger partial charge in [0.25, 0.3) is 5.91 Å². The zero-order valence-electron chi connectivity index (χ0n) is 8.83. The minimum atomic E-state index is -0.103. The molecule has 3 aliphatic rings. The summed E-state index contributed by atoms with van der Waals surface area (Å²) in [5.74, 6) is 1.31. The molecule has 2 N–H and O–H groups in total. The maximum atomic E-state index is 11.7. The molecule has 4 heteroatoms. The molecule has 0 aromatic carbocycles. The number of amides is 1. The van der Waals surface area contributed by atoms with Crippen LogP contribution in [0.3, 0.4) is 0 Å². The van der Waals surface area contributed by atoms with Crippen LogP contribution < -0.4 is 10.6 Å². The highest BCUT2D eigenvalue weighted by Gasteiger charge is 2.36. The molecule has 2 saturated carbocycles. The number of aliphatic imine (C=N–C) groups is 1. The zero-order chi connectivity index (χ0) is 10.3. The number of carbonyl (C=O) groups excluding carboxylic acids is 1. The fraction of sp³-hybridized carbons (Fsp3) is 0.818. The summed E-state index contributed by atoms with van der Waals surface area (Å²) in [7, 11) is 0. The lowest BCUT2D eigenvalue weighted by atomic mass is 9.99. The summed E-state index contributed by atoms with van der Waals surface area (Å²) in [6, 6.07) is 0.458. The van der Waals surface area contributed by atoms with Gasteiger partial charge in [-0.15, -0.1) is 0 Å². The van der Waals surface area contributed by atoms with Crippen molar-refractivity contribution in [1.82, 2.24) is 10.6 Å². The molecule has 1 amide bonds. The molecule has 2 aliphatic carbocycles. The van der Waals surface area contributed by atoms with Gasteiger partial charge in [-0.1, -0.05) is 12.8 Å². The number of rotatable bonds is 2. The molecule has 1 atom stereocenters. The molecule has 2 fully saturated rings. The first-order valence-electron chi connectivity index (χ1n) is 5.98. The number of hydrogen-bond donors (Lipinski definition) is 2. The van der Waals surface area contributed by atoms with Crippen molar-refractivity contribution in [1.29, 1.82) is 0 Å². The molecule has 0 radical (unpaired) electrons. The Bertz CT molecular complexity index is 303. The summed E-state index contributed by atoms with van der Waals surface area (Å²) in [4.78, 5) is 16.2. The average molecular weight is 207 g/mol. The zero-order valence-corrected chi connectivity index (χ0v) is 8.83. The molecule has 0 saturated heterocycles. The number of guanidine groups is 1. The molecule has 0 aromatic rings. The van der Waals surface area contributed by atoms with Crippen LogP contribution in [0.4, 0.5) is 0 Å². The molecule has 1 unspecified atom stereocenters. The van der Waals surface area contributed by atoms with E-state index in [1.165, 1.54) is 25.7 Å². The van der Waals surface area contributed by atoms with Crippen LogP contribution in [-0.2, 0) is 4.79 Å². The standard InChI is InChI=1S/C11H17N3O/c15-10-9(7-3-1-2-4-7)13-11(14-10)12-8-5-6-8/h7-9H,1-6H2,(H2,12,13,14,15). The van der Waals surface area contributed by atoms with Gasteiger partial charge in [-0.2, -0.15) is 0 Å². The van der Waals surface area contributed by atoms with Crippen LogP contribution in [0, 0.1) is 5.92 Å². The Hall–Kier alpha value is -1.06. The number of nitrogens with zero attached hydrogens (tertiary/aromatic N) is 1. The lowest BCUT2D eigenvalue weighted by Crippen LogP contribution is -2.39. The average Bonchev–Trinajstić information content (AvgIpc) is 2.76. The van der Waals surface area contributed by atoms with Crippen LogP contribution in [0.5, 0.6) is 0 Å². The maximum absolute atomic E-state index is 11.7. The van der Waals surface area contributed by atoms with E-state index >= 15 is 0 Å². The molecule has 0 spiro atoms. The predicted octanol–water partition coefficient (Wildman–Crippen LogP) is 0.783. The van der Waals surface area contributed by atoms with Gasteiger partial charge >= 0.3 is 0 Å². The summed E-state index contributed by atoms with van der Waals surface area (Å²) in [6.07, 6.45) is 7.27. The second-order valence-electron chi connectivity index (χ2n) is 4.87. The molecule has 0 bridgehead atoms. The van der Waals surface area contributed by atoms with Crippen molar-refractivity contribution in [3.05, 3.63) is 0 Å². The van der Waals surface area contributed by atoms with E-state index < -0.39 is 0 Å². The molecule has 3 rings (SSSR count). The molecule has 82 valence electrons. The third kappa shape index (κ3) is 1.85. The van der Waals surface area contributed by atoms with Gasteiger partial charge in [0.15, 0.2) is 5.96 Å². The number of nitrogens with one attached hydrogen (secondary N) is 2. The first-order chi connectivity index (χ1) is 7.33. The summed E-state index contributed by atoms with van der Waals surface area (Å²) in [6.45, 7) is 0. The molecule has 1 aliphatic heterocycles. The van der Waals surface area contributed by atoms with E-state index in [0.717, 1.165) is 18.8 Å². The molecule has 4 nitrogen and oxygen atoms in total. The molecular formula is C11H17N3O. The van der Waals surface area contributed by atoms with Crippen LogP contribution in [-0.4, -0.2) is 24.0 Å². The Kier molecular flexibility index (Phi) is 2.15. The van der Waals surface area contributed by atoms with Crippen molar-refractivity contribution in [2.45, 2.75) is 50.6 Å². The van der Waals surface area contributed by atoms with Crippen LogP contribution in [0.25, 0.3) is 0 Å². The number of hydrogen-bond acceptors (Lipinski definition) is 3. The number of carbonyl (C=O) groups is 1. The van der Waals surface area contributed by atoms with Gasteiger partial charge < -0.3 is 5.32 Å².